The Kier molecular flexibility index (Phi) is 4.81. The molecule has 20 heavy (non-hydrogen) atoms. The van der Waals surface area contributed by atoms with Crippen molar-refractivity contribution >= 4 is 38.6 Å². The summed E-state index contributed by atoms with van der Waals surface area (Å²) in [4.78, 5) is 5.29. The number of rotatable bonds is 6. The Bertz CT molecular complexity index is 679. The molecule has 0 radical (unpaired) electrons. The van der Waals surface area contributed by atoms with E-state index >= 15 is 0 Å². The second-order valence-electron chi connectivity index (χ2n) is 3.97. The number of nitrogens with two attached hydrogens (primary N) is 1. The summed E-state index contributed by atoms with van der Waals surface area (Å²) in [6, 6.07) is 6.84. The van der Waals surface area contributed by atoms with Crippen molar-refractivity contribution in [1.29, 1.82) is 0 Å². The number of sulfonamides is 1. The molecule has 0 saturated heterocycles. The van der Waals surface area contributed by atoms with E-state index in [1.807, 2.05) is 17.5 Å². The Hall–Kier alpha value is -1.35. The average Bonchev–Trinajstić information content (AvgIpc) is 2.92. The van der Waals surface area contributed by atoms with Gasteiger partial charge in [0, 0.05) is 17.6 Å². The SMILES string of the molecule is NC(=S)c1ccc(S(=O)(=O)NCCc2cccs2)cn1. The van der Waals surface area contributed by atoms with Crippen LogP contribution in [0.1, 0.15) is 10.6 Å². The molecular formula is C12H13N3O2S3. The number of nitrogens with one attached hydrogen (secondary N) is 1. The highest BCUT2D eigenvalue weighted by Crippen LogP contribution is 2.10. The third-order valence-electron chi connectivity index (χ3n) is 2.54. The summed E-state index contributed by atoms with van der Waals surface area (Å²) in [5.41, 5.74) is 5.81. The molecule has 3 N–H and O–H groups in total. The monoisotopic (exact) mass is 327 g/mol. The molecule has 8 heteroatoms. The fourth-order valence-corrected chi connectivity index (χ4v) is 3.34. The molecule has 0 amide bonds. The first kappa shape index (κ1) is 15.0. The number of pyridine rings is 1. The van der Waals surface area contributed by atoms with Crippen LogP contribution in [0.2, 0.25) is 0 Å². The molecule has 5 nitrogen and oxygen atoms in total. The highest BCUT2D eigenvalue weighted by Gasteiger charge is 2.14. The first-order valence-corrected chi connectivity index (χ1v) is 8.54. The van der Waals surface area contributed by atoms with E-state index in [0.29, 0.717) is 18.7 Å². The molecule has 106 valence electrons. The third kappa shape index (κ3) is 3.83. The van der Waals surface area contributed by atoms with Crippen LogP contribution in [-0.2, 0) is 16.4 Å². The molecule has 0 aliphatic carbocycles. The van der Waals surface area contributed by atoms with Gasteiger partial charge in [-0.1, -0.05) is 18.3 Å². The van der Waals surface area contributed by atoms with Crippen molar-refractivity contribution in [3.8, 4) is 0 Å². The lowest BCUT2D eigenvalue weighted by Gasteiger charge is -2.06. The molecule has 2 aromatic heterocycles. The van der Waals surface area contributed by atoms with Crippen LogP contribution in [0, 0.1) is 0 Å². The molecule has 0 fully saturated rings. The standard InChI is InChI=1S/C12H13N3O2S3/c13-12(18)11-4-3-10(8-14-11)20(16,17)15-6-5-9-2-1-7-19-9/h1-4,7-8,15H,5-6H2,(H2,13,18). The average molecular weight is 327 g/mol. The van der Waals surface area contributed by atoms with Crippen molar-refractivity contribution in [3.05, 3.63) is 46.4 Å². The van der Waals surface area contributed by atoms with Crippen molar-refractivity contribution in [3.63, 3.8) is 0 Å². The highest BCUT2D eigenvalue weighted by molar-refractivity contribution is 7.89. The third-order valence-corrected chi connectivity index (χ3v) is 5.13. The predicted molar refractivity (Wildman–Crippen MR) is 83.3 cm³/mol. The molecule has 0 saturated carbocycles. The van der Waals surface area contributed by atoms with Gasteiger partial charge < -0.3 is 5.73 Å². The molecule has 0 unspecified atom stereocenters. The second kappa shape index (κ2) is 6.40. The molecule has 2 rings (SSSR count). The van der Waals surface area contributed by atoms with Gasteiger partial charge in [-0.05, 0) is 30.0 Å². The number of thiophene rings is 1. The van der Waals surface area contributed by atoms with Crippen LogP contribution in [0.25, 0.3) is 0 Å². The number of nitrogens with zero attached hydrogens (tertiary/aromatic N) is 1. The molecule has 0 aliphatic heterocycles. The minimum absolute atomic E-state index is 0.101. The zero-order valence-electron chi connectivity index (χ0n) is 10.4. The normalized spacial score (nSPS) is 11.4. The van der Waals surface area contributed by atoms with Gasteiger partial charge in [-0.3, -0.25) is 4.98 Å². The smallest absolute Gasteiger partial charge is 0.242 e. The molecule has 0 atom stereocenters. The topological polar surface area (TPSA) is 85.1 Å². The number of hydrogen-bond acceptors (Lipinski definition) is 5. The van der Waals surface area contributed by atoms with E-state index in [2.05, 4.69) is 9.71 Å². The Balaban J connectivity index is 2.00. The maximum Gasteiger partial charge on any atom is 0.242 e. The molecule has 0 spiro atoms. The lowest BCUT2D eigenvalue weighted by atomic mass is 10.3. The Morgan fingerprint density at radius 3 is 2.75 bits per heavy atom. The molecule has 0 aromatic carbocycles. The van der Waals surface area contributed by atoms with Gasteiger partial charge in [0.1, 0.15) is 9.88 Å². The fraction of sp³-hybridized carbons (Fsp3) is 0.167. The van der Waals surface area contributed by atoms with Crippen LogP contribution in [-0.4, -0.2) is 24.9 Å². The summed E-state index contributed by atoms with van der Waals surface area (Å²) in [6.07, 6.45) is 1.91. The summed E-state index contributed by atoms with van der Waals surface area (Å²) in [7, 11) is -3.55. The Labute approximate surface area is 126 Å². The Morgan fingerprint density at radius 1 is 1.40 bits per heavy atom. The number of hydrogen-bond donors (Lipinski definition) is 2. The van der Waals surface area contributed by atoms with Gasteiger partial charge in [-0.15, -0.1) is 11.3 Å². The van der Waals surface area contributed by atoms with E-state index in [-0.39, 0.29) is 9.88 Å². The molecule has 2 heterocycles. The zero-order valence-corrected chi connectivity index (χ0v) is 12.9. The van der Waals surface area contributed by atoms with Crippen LogP contribution in [0.4, 0.5) is 0 Å². The van der Waals surface area contributed by atoms with Gasteiger partial charge in [0.2, 0.25) is 10.0 Å². The quantitative estimate of drug-likeness (QED) is 0.781. The van der Waals surface area contributed by atoms with Gasteiger partial charge in [0.25, 0.3) is 0 Å². The fourth-order valence-electron chi connectivity index (χ4n) is 1.53. The minimum atomic E-state index is -3.55. The summed E-state index contributed by atoms with van der Waals surface area (Å²) < 4.78 is 26.6. The molecule has 0 aliphatic rings. The van der Waals surface area contributed by atoms with Crippen molar-refractivity contribution < 1.29 is 8.42 Å². The lowest BCUT2D eigenvalue weighted by molar-refractivity contribution is 0.581. The minimum Gasteiger partial charge on any atom is -0.388 e. The maximum atomic E-state index is 12.0. The van der Waals surface area contributed by atoms with E-state index in [1.165, 1.54) is 18.3 Å². The molecule has 2 aromatic rings. The van der Waals surface area contributed by atoms with Crippen LogP contribution < -0.4 is 10.5 Å². The first-order chi connectivity index (χ1) is 9.49. The van der Waals surface area contributed by atoms with Crippen LogP contribution in [0.15, 0.2) is 40.7 Å². The second-order valence-corrected chi connectivity index (χ2v) is 7.21. The van der Waals surface area contributed by atoms with E-state index in [4.69, 9.17) is 18.0 Å². The zero-order chi connectivity index (χ0) is 14.6. The number of thiocarbonyl (C=S) groups is 1. The van der Waals surface area contributed by atoms with Crippen molar-refractivity contribution in [2.24, 2.45) is 5.73 Å². The molecular weight excluding hydrogens is 314 g/mol. The van der Waals surface area contributed by atoms with Crippen LogP contribution >= 0.6 is 23.6 Å². The van der Waals surface area contributed by atoms with Crippen LogP contribution in [0.3, 0.4) is 0 Å². The van der Waals surface area contributed by atoms with Crippen molar-refractivity contribution in [2.45, 2.75) is 11.3 Å². The lowest BCUT2D eigenvalue weighted by Crippen LogP contribution is -2.26. The van der Waals surface area contributed by atoms with Crippen LogP contribution in [0.5, 0.6) is 0 Å². The van der Waals surface area contributed by atoms with Gasteiger partial charge in [-0.25, -0.2) is 13.1 Å². The van der Waals surface area contributed by atoms with Gasteiger partial charge in [0.15, 0.2) is 0 Å². The maximum absolute atomic E-state index is 12.0. The van der Waals surface area contributed by atoms with Gasteiger partial charge in [0.05, 0.1) is 5.69 Å². The van der Waals surface area contributed by atoms with Gasteiger partial charge >= 0.3 is 0 Å². The predicted octanol–water partition coefficient (Wildman–Crippen LogP) is 1.30. The summed E-state index contributed by atoms with van der Waals surface area (Å²) in [5.74, 6) is 0. The van der Waals surface area contributed by atoms with E-state index in [0.717, 1.165) is 4.88 Å². The Morgan fingerprint density at radius 2 is 2.20 bits per heavy atom. The molecule has 0 bridgehead atoms. The van der Waals surface area contributed by atoms with E-state index < -0.39 is 10.0 Å². The van der Waals surface area contributed by atoms with E-state index in [9.17, 15) is 8.42 Å². The summed E-state index contributed by atoms with van der Waals surface area (Å²) >= 11 is 6.36. The number of aromatic nitrogens is 1. The van der Waals surface area contributed by atoms with Gasteiger partial charge in [-0.2, -0.15) is 0 Å². The highest BCUT2D eigenvalue weighted by atomic mass is 32.2. The summed E-state index contributed by atoms with van der Waals surface area (Å²) in [6.45, 7) is 0.347. The largest absolute Gasteiger partial charge is 0.388 e. The first-order valence-electron chi connectivity index (χ1n) is 5.77. The van der Waals surface area contributed by atoms with E-state index in [1.54, 1.807) is 11.3 Å². The summed E-state index contributed by atoms with van der Waals surface area (Å²) in [5, 5.41) is 1.96. The van der Waals surface area contributed by atoms with Crippen molar-refractivity contribution in [1.82, 2.24) is 9.71 Å². The van der Waals surface area contributed by atoms with Crippen molar-refractivity contribution in [2.75, 3.05) is 6.54 Å².